The number of halogens is 1. The zero-order valence-corrected chi connectivity index (χ0v) is 10.7. The summed E-state index contributed by atoms with van der Waals surface area (Å²) in [5.41, 5.74) is 0. The first-order valence-corrected chi connectivity index (χ1v) is 5.83. The van der Waals surface area contributed by atoms with Crippen molar-refractivity contribution < 1.29 is 5.11 Å². The molecule has 0 amide bonds. The van der Waals surface area contributed by atoms with Crippen LogP contribution in [0.4, 0.5) is 5.82 Å². The molecule has 0 bridgehead atoms. The average molecular weight is 244 g/mol. The minimum absolute atomic E-state index is 0.0143. The smallest absolute Gasteiger partial charge is 0.134 e. The van der Waals surface area contributed by atoms with E-state index in [9.17, 15) is 0 Å². The van der Waals surface area contributed by atoms with Crippen molar-refractivity contribution in [2.45, 2.75) is 32.7 Å². The number of likely N-dealkylation sites (N-methyl/N-ethyl adjacent to an activating group) is 1. The Bertz CT molecular complexity index is 346. The summed E-state index contributed by atoms with van der Waals surface area (Å²) in [5, 5.41) is 9.54. The molecule has 0 fully saturated rings. The van der Waals surface area contributed by atoms with Gasteiger partial charge in [-0.05, 0) is 13.3 Å². The van der Waals surface area contributed by atoms with Gasteiger partial charge in [-0.15, -0.1) is 0 Å². The third-order valence-electron chi connectivity index (χ3n) is 2.49. The monoisotopic (exact) mass is 243 g/mol. The first-order chi connectivity index (χ1) is 7.58. The SMILES string of the molecule is CCCc1nc(Cl)cc(N(C)C(C)CO)n1. The summed E-state index contributed by atoms with van der Waals surface area (Å²) in [6, 6.07) is 1.73. The highest BCUT2D eigenvalue weighted by Gasteiger charge is 2.12. The number of aliphatic hydroxyl groups is 1. The van der Waals surface area contributed by atoms with Gasteiger partial charge in [0.1, 0.15) is 16.8 Å². The second-order valence-electron chi connectivity index (χ2n) is 3.86. The summed E-state index contributed by atoms with van der Waals surface area (Å²) in [5.74, 6) is 1.51. The van der Waals surface area contributed by atoms with Crippen molar-refractivity contribution in [1.82, 2.24) is 9.97 Å². The van der Waals surface area contributed by atoms with E-state index >= 15 is 0 Å². The molecule has 0 spiro atoms. The van der Waals surface area contributed by atoms with Gasteiger partial charge in [0, 0.05) is 19.5 Å². The fourth-order valence-corrected chi connectivity index (χ4v) is 1.51. The van der Waals surface area contributed by atoms with Crippen LogP contribution in [0.2, 0.25) is 5.15 Å². The highest BCUT2D eigenvalue weighted by molar-refractivity contribution is 6.29. The number of aliphatic hydroxyl groups excluding tert-OH is 1. The minimum Gasteiger partial charge on any atom is -0.394 e. The lowest BCUT2D eigenvalue weighted by molar-refractivity contribution is 0.269. The van der Waals surface area contributed by atoms with Crippen molar-refractivity contribution in [1.29, 1.82) is 0 Å². The molecule has 4 nitrogen and oxygen atoms in total. The lowest BCUT2D eigenvalue weighted by atomic mass is 10.3. The van der Waals surface area contributed by atoms with Crippen LogP contribution in [0, 0.1) is 0 Å². The van der Waals surface area contributed by atoms with Crippen LogP contribution in [-0.2, 0) is 6.42 Å². The molecule has 1 unspecified atom stereocenters. The van der Waals surface area contributed by atoms with Gasteiger partial charge in [0.15, 0.2) is 0 Å². The third-order valence-corrected chi connectivity index (χ3v) is 2.68. The summed E-state index contributed by atoms with van der Waals surface area (Å²) in [6.07, 6.45) is 1.80. The van der Waals surface area contributed by atoms with Crippen LogP contribution in [0.5, 0.6) is 0 Å². The molecule has 1 aromatic heterocycles. The highest BCUT2D eigenvalue weighted by atomic mass is 35.5. The molecule has 1 heterocycles. The molecule has 0 saturated carbocycles. The molecular formula is C11H18ClN3O. The molecule has 1 N–H and O–H groups in total. The van der Waals surface area contributed by atoms with Gasteiger partial charge in [-0.1, -0.05) is 18.5 Å². The van der Waals surface area contributed by atoms with Crippen molar-refractivity contribution in [3.63, 3.8) is 0 Å². The number of hydrogen-bond acceptors (Lipinski definition) is 4. The van der Waals surface area contributed by atoms with Crippen molar-refractivity contribution >= 4 is 17.4 Å². The Balaban J connectivity index is 2.94. The zero-order valence-electron chi connectivity index (χ0n) is 9.94. The Morgan fingerprint density at radius 2 is 2.19 bits per heavy atom. The molecular weight excluding hydrogens is 226 g/mol. The van der Waals surface area contributed by atoms with Gasteiger partial charge in [-0.25, -0.2) is 9.97 Å². The molecule has 16 heavy (non-hydrogen) atoms. The number of nitrogens with zero attached hydrogens (tertiary/aromatic N) is 3. The lowest BCUT2D eigenvalue weighted by Gasteiger charge is -2.24. The number of hydrogen-bond donors (Lipinski definition) is 1. The van der Waals surface area contributed by atoms with Gasteiger partial charge >= 0.3 is 0 Å². The number of aromatic nitrogens is 2. The van der Waals surface area contributed by atoms with Gasteiger partial charge in [0.25, 0.3) is 0 Å². The summed E-state index contributed by atoms with van der Waals surface area (Å²) in [6.45, 7) is 4.08. The van der Waals surface area contributed by atoms with E-state index in [-0.39, 0.29) is 12.6 Å². The Kier molecular flexibility index (Phi) is 4.96. The van der Waals surface area contributed by atoms with E-state index in [0.717, 1.165) is 24.5 Å². The van der Waals surface area contributed by atoms with Crippen LogP contribution >= 0.6 is 11.6 Å². The van der Waals surface area contributed by atoms with Gasteiger partial charge in [-0.3, -0.25) is 0 Å². The Morgan fingerprint density at radius 1 is 1.50 bits per heavy atom. The van der Waals surface area contributed by atoms with Crippen LogP contribution in [0.1, 0.15) is 26.1 Å². The minimum atomic E-state index is 0.0143. The molecule has 1 aromatic rings. The van der Waals surface area contributed by atoms with E-state index in [1.165, 1.54) is 0 Å². The first kappa shape index (κ1) is 13.2. The largest absolute Gasteiger partial charge is 0.394 e. The van der Waals surface area contributed by atoms with Gasteiger partial charge in [0.05, 0.1) is 12.6 Å². The molecule has 5 heteroatoms. The second-order valence-corrected chi connectivity index (χ2v) is 4.24. The van der Waals surface area contributed by atoms with Crippen molar-refractivity contribution in [2.75, 3.05) is 18.6 Å². The standard InChI is InChI=1S/C11H18ClN3O/c1-4-5-10-13-9(12)6-11(14-10)15(3)8(2)7-16/h6,8,16H,4-5,7H2,1-3H3. The van der Waals surface area contributed by atoms with E-state index in [2.05, 4.69) is 16.9 Å². The number of anilines is 1. The summed E-state index contributed by atoms with van der Waals surface area (Å²) in [4.78, 5) is 10.5. The van der Waals surface area contributed by atoms with Crippen molar-refractivity contribution in [3.8, 4) is 0 Å². The second kappa shape index (κ2) is 6.01. The topological polar surface area (TPSA) is 49.2 Å². The van der Waals surface area contributed by atoms with Crippen LogP contribution in [-0.4, -0.2) is 34.8 Å². The van der Waals surface area contributed by atoms with E-state index in [1.54, 1.807) is 6.07 Å². The van der Waals surface area contributed by atoms with Gasteiger partial charge in [-0.2, -0.15) is 0 Å². The normalized spacial score (nSPS) is 12.6. The fourth-order valence-electron chi connectivity index (χ4n) is 1.32. The summed E-state index contributed by atoms with van der Waals surface area (Å²) < 4.78 is 0. The fraction of sp³-hybridized carbons (Fsp3) is 0.636. The lowest BCUT2D eigenvalue weighted by Crippen LogP contribution is -2.32. The van der Waals surface area contributed by atoms with Crippen LogP contribution in [0.25, 0.3) is 0 Å². The summed E-state index contributed by atoms with van der Waals surface area (Å²) in [7, 11) is 1.88. The molecule has 0 aliphatic carbocycles. The van der Waals surface area contributed by atoms with E-state index in [1.807, 2.05) is 18.9 Å². The Labute approximate surface area is 101 Å². The Hall–Kier alpha value is -0.870. The predicted molar refractivity (Wildman–Crippen MR) is 66.0 cm³/mol. The van der Waals surface area contributed by atoms with Crippen LogP contribution < -0.4 is 4.90 Å². The van der Waals surface area contributed by atoms with Crippen molar-refractivity contribution in [2.24, 2.45) is 0 Å². The molecule has 90 valence electrons. The maximum atomic E-state index is 9.09. The Morgan fingerprint density at radius 3 is 2.75 bits per heavy atom. The van der Waals surface area contributed by atoms with E-state index < -0.39 is 0 Å². The van der Waals surface area contributed by atoms with Gasteiger partial charge in [0.2, 0.25) is 0 Å². The molecule has 0 aliphatic heterocycles. The molecule has 0 aromatic carbocycles. The van der Waals surface area contributed by atoms with Crippen LogP contribution in [0.15, 0.2) is 6.07 Å². The van der Waals surface area contributed by atoms with E-state index in [4.69, 9.17) is 16.7 Å². The number of aryl methyl sites for hydroxylation is 1. The third kappa shape index (κ3) is 3.32. The molecule has 0 saturated heterocycles. The van der Waals surface area contributed by atoms with Gasteiger partial charge < -0.3 is 10.0 Å². The van der Waals surface area contributed by atoms with Crippen LogP contribution in [0.3, 0.4) is 0 Å². The highest BCUT2D eigenvalue weighted by Crippen LogP contribution is 2.17. The summed E-state index contributed by atoms with van der Waals surface area (Å²) >= 11 is 5.94. The zero-order chi connectivity index (χ0) is 12.1. The quantitative estimate of drug-likeness (QED) is 0.803. The molecule has 1 rings (SSSR count). The maximum absolute atomic E-state index is 9.09. The first-order valence-electron chi connectivity index (χ1n) is 5.45. The molecule has 1 atom stereocenters. The molecule has 0 aliphatic rings. The van der Waals surface area contributed by atoms with Crippen molar-refractivity contribution in [3.05, 3.63) is 17.0 Å². The average Bonchev–Trinajstić information content (AvgIpc) is 2.26. The predicted octanol–water partition coefficient (Wildman–Crippen LogP) is 1.90. The maximum Gasteiger partial charge on any atom is 0.134 e. The molecule has 0 radical (unpaired) electrons. The van der Waals surface area contributed by atoms with E-state index in [0.29, 0.717) is 5.15 Å². The number of rotatable bonds is 5.